The summed E-state index contributed by atoms with van der Waals surface area (Å²) in [5.41, 5.74) is 0.452. The highest BCUT2D eigenvalue weighted by atomic mass is 16.4. The molecule has 2 N–H and O–H groups in total. The summed E-state index contributed by atoms with van der Waals surface area (Å²) in [4.78, 5) is 25.3. The molecule has 0 aromatic heterocycles. The van der Waals surface area contributed by atoms with Crippen LogP contribution in [0.5, 0.6) is 0 Å². The van der Waals surface area contributed by atoms with Crippen LogP contribution in [-0.2, 0) is 0 Å². The molecule has 1 aromatic rings. The highest BCUT2D eigenvalue weighted by Crippen LogP contribution is 2.24. The van der Waals surface area contributed by atoms with E-state index in [9.17, 15) is 9.59 Å². The van der Waals surface area contributed by atoms with Crippen molar-refractivity contribution in [3.05, 3.63) is 29.8 Å². The average Bonchev–Trinajstić information content (AvgIpc) is 2.38. The minimum absolute atomic E-state index is 0.109. The molecule has 1 saturated heterocycles. The van der Waals surface area contributed by atoms with Gasteiger partial charge in [0.25, 0.3) is 0 Å². The third kappa shape index (κ3) is 2.92. The van der Waals surface area contributed by atoms with Gasteiger partial charge in [0.15, 0.2) is 0 Å². The zero-order valence-electron chi connectivity index (χ0n) is 11.8. The molecule has 5 heteroatoms. The first kappa shape index (κ1) is 14.4. The molecule has 20 heavy (non-hydrogen) atoms. The number of carbonyl (C=O) groups excluding carboxylic acids is 1. The number of para-hydroxylation sites is 1. The van der Waals surface area contributed by atoms with E-state index in [0.717, 1.165) is 19.3 Å². The summed E-state index contributed by atoms with van der Waals surface area (Å²) in [6.45, 7) is 4.05. The summed E-state index contributed by atoms with van der Waals surface area (Å²) in [7, 11) is 0. The van der Waals surface area contributed by atoms with Crippen LogP contribution in [0, 0.1) is 0 Å². The SMILES string of the molecule is CC1CCCC(C)N1C(=O)Nc1ccccc1C(=O)O. The highest BCUT2D eigenvalue weighted by Gasteiger charge is 2.29. The maximum atomic E-state index is 12.4. The molecule has 0 aliphatic carbocycles. The Bertz CT molecular complexity index is 506. The fraction of sp³-hybridized carbons (Fsp3) is 0.467. The Morgan fingerprint density at radius 1 is 1.20 bits per heavy atom. The van der Waals surface area contributed by atoms with Crippen LogP contribution in [0.4, 0.5) is 10.5 Å². The third-order valence-electron chi connectivity index (χ3n) is 3.83. The molecule has 108 valence electrons. The van der Waals surface area contributed by atoms with Gasteiger partial charge in [0.1, 0.15) is 0 Å². The predicted molar refractivity (Wildman–Crippen MR) is 77.0 cm³/mol. The topological polar surface area (TPSA) is 69.6 Å². The number of nitrogens with zero attached hydrogens (tertiary/aromatic N) is 1. The lowest BCUT2D eigenvalue weighted by Gasteiger charge is -2.38. The molecule has 2 amide bonds. The zero-order chi connectivity index (χ0) is 14.7. The smallest absolute Gasteiger partial charge is 0.337 e. The number of carbonyl (C=O) groups is 2. The van der Waals surface area contributed by atoms with Gasteiger partial charge >= 0.3 is 12.0 Å². The van der Waals surface area contributed by atoms with Crippen molar-refractivity contribution in [2.24, 2.45) is 0 Å². The van der Waals surface area contributed by atoms with Gasteiger partial charge in [0.05, 0.1) is 11.3 Å². The summed E-state index contributed by atoms with van der Waals surface area (Å²) in [5.74, 6) is -1.04. The van der Waals surface area contributed by atoms with Crippen molar-refractivity contribution >= 4 is 17.7 Å². The van der Waals surface area contributed by atoms with Crippen LogP contribution in [0.2, 0.25) is 0 Å². The standard InChI is InChI=1S/C15H20N2O3/c1-10-6-5-7-11(2)17(10)15(20)16-13-9-4-3-8-12(13)14(18)19/h3-4,8-11H,5-7H2,1-2H3,(H,16,20)(H,18,19). The van der Waals surface area contributed by atoms with Crippen LogP contribution in [0.1, 0.15) is 43.5 Å². The highest BCUT2D eigenvalue weighted by molar-refractivity contribution is 6.00. The van der Waals surface area contributed by atoms with Crippen LogP contribution in [0.25, 0.3) is 0 Å². The fourth-order valence-corrected chi connectivity index (χ4v) is 2.78. The van der Waals surface area contributed by atoms with Gasteiger partial charge in [-0.05, 0) is 45.2 Å². The first-order valence-corrected chi connectivity index (χ1v) is 6.92. The molecule has 1 heterocycles. The van der Waals surface area contributed by atoms with Crippen molar-refractivity contribution in [3.8, 4) is 0 Å². The van der Waals surface area contributed by atoms with E-state index in [-0.39, 0.29) is 23.7 Å². The fourth-order valence-electron chi connectivity index (χ4n) is 2.78. The number of urea groups is 1. The molecular weight excluding hydrogens is 256 g/mol. The van der Waals surface area contributed by atoms with Crippen LogP contribution in [0.15, 0.2) is 24.3 Å². The second-order valence-electron chi connectivity index (χ2n) is 5.32. The number of aromatic carboxylic acids is 1. The van der Waals surface area contributed by atoms with Gasteiger partial charge in [-0.2, -0.15) is 0 Å². The minimum Gasteiger partial charge on any atom is -0.478 e. The van der Waals surface area contributed by atoms with Crippen LogP contribution < -0.4 is 5.32 Å². The average molecular weight is 276 g/mol. The number of likely N-dealkylation sites (tertiary alicyclic amines) is 1. The lowest BCUT2D eigenvalue weighted by Crippen LogP contribution is -2.49. The quantitative estimate of drug-likeness (QED) is 0.871. The van der Waals surface area contributed by atoms with Gasteiger partial charge in [-0.3, -0.25) is 0 Å². The Balaban J connectivity index is 2.17. The lowest BCUT2D eigenvalue weighted by atomic mass is 9.98. The van der Waals surface area contributed by atoms with Gasteiger partial charge < -0.3 is 15.3 Å². The number of hydrogen-bond acceptors (Lipinski definition) is 2. The normalized spacial score (nSPS) is 22.4. The zero-order valence-corrected chi connectivity index (χ0v) is 11.8. The monoisotopic (exact) mass is 276 g/mol. The van der Waals surface area contributed by atoms with Crippen molar-refractivity contribution in [3.63, 3.8) is 0 Å². The summed E-state index contributed by atoms with van der Waals surface area (Å²) in [5, 5.41) is 11.9. The number of piperidine rings is 1. The van der Waals surface area contributed by atoms with E-state index >= 15 is 0 Å². The molecule has 5 nitrogen and oxygen atoms in total. The van der Waals surface area contributed by atoms with E-state index in [1.165, 1.54) is 6.07 Å². The van der Waals surface area contributed by atoms with Crippen LogP contribution in [-0.4, -0.2) is 34.1 Å². The first-order chi connectivity index (χ1) is 9.50. The molecule has 0 saturated carbocycles. The Morgan fingerprint density at radius 2 is 1.80 bits per heavy atom. The van der Waals surface area contributed by atoms with Crippen molar-refractivity contribution < 1.29 is 14.7 Å². The number of rotatable bonds is 2. The third-order valence-corrected chi connectivity index (χ3v) is 3.83. The second kappa shape index (κ2) is 5.94. The molecule has 1 fully saturated rings. The van der Waals surface area contributed by atoms with Gasteiger partial charge in [0, 0.05) is 12.1 Å². The van der Waals surface area contributed by atoms with Crippen molar-refractivity contribution in [2.75, 3.05) is 5.32 Å². The number of anilines is 1. The van der Waals surface area contributed by atoms with Gasteiger partial charge in [-0.1, -0.05) is 12.1 Å². The van der Waals surface area contributed by atoms with E-state index in [2.05, 4.69) is 5.32 Å². The predicted octanol–water partition coefficient (Wildman–Crippen LogP) is 3.18. The summed E-state index contributed by atoms with van der Waals surface area (Å²) in [6, 6.07) is 6.59. The van der Waals surface area contributed by atoms with Gasteiger partial charge in [-0.25, -0.2) is 9.59 Å². The lowest BCUT2D eigenvalue weighted by molar-refractivity contribution is 0.0698. The van der Waals surface area contributed by atoms with Gasteiger partial charge in [0.2, 0.25) is 0 Å². The second-order valence-corrected chi connectivity index (χ2v) is 5.32. The minimum atomic E-state index is -1.04. The van der Waals surface area contributed by atoms with E-state index < -0.39 is 5.97 Å². The maximum Gasteiger partial charge on any atom is 0.337 e. The number of hydrogen-bond donors (Lipinski definition) is 2. The number of carboxylic acids is 1. The van der Waals surface area contributed by atoms with Crippen molar-refractivity contribution in [1.29, 1.82) is 0 Å². The van der Waals surface area contributed by atoms with Gasteiger partial charge in [-0.15, -0.1) is 0 Å². The van der Waals surface area contributed by atoms with E-state index in [0.29, 0.717) is 5.69 Å². The molecular formula is C15H20N2O3. The first-order valence-electron chi connectivity index (χ1n) is 6.92. The molecule has 0 bridgehead atoms. The van der Waals surface area contributed by atoms with Crippen molar-refractivity contribution in [1.82, 2.24) is 4.90 Å². The molecule has 0 spiro atoms. The van der Waals surface area contributed by atoms with Crippen LogP contribution in [0.3, 0.4) is 0 Å². The van der Waals surface area contributed by atoms with Crippen LogP contribution >= 0.6 is 0 Å². The summed E-state index contributed by atoms with van der Waals surface area (Å²) < 4.78 is 0. The van der Waals surface area contributed by atoms with Crippen molar-refractivity contribution in [2.45, 2.75) is 45.2 Å². The molecule has 2 rings (SSSR count). The Morgan fingerprint density at radius 3 is 2.40 bits per heavy atom. The summed E-state index contributed by atoms with van der Waals surface area (Å²) >= 11 is 0. The molecule has 1 aliphatic heterocycles. The maximum absolute atomic E-state index is 12.4. The van der Waals surface area contributed by atoms with E-state index in [4.69, 9.17) is 5.11 Å². The Labute approximate surface area is 118 Å². The molecule has 2 unspecified atom stereocenters. The molecule has 0 radical (unpaired) electrons. The number of nitrogens with one attached hydrogen (secondary N) is 1. The number of benzene rings is 1. The van der Waals surface area contributed by atoms with E-state index in [1.807, 2.05) is 18.7 Å². The van der Waals surface area contributed by atoms with E-state index in [1.54, 1.807) is 18.2 Å². The number of carboxylic acid groups (broad SMARTS) is 1. The largest absolute Gasteiger partial charge is 0.478 e. The molecule has 1 aliphatic rings. The Hall–Kier alpha value is -2.04. The molecule has 1 aromatic carbocycles. The number of amides is 2. The Kier molecular flexibility index (Phi) is 4.27. The summed E-state index contributed by atoms with van der Waals surface area (Å²) in [6.07, 6.45) is 3.09. The molecule has 2 atom stereocenters.